The molecule has 0 saturated heterocycles. The van der Waals surface area contributed by atoms with Gasteiger partial charge in [0.1, 0.15) is 0 Å². The van der Waals surface area contributed by atoms with Crippen molar-refractivity contribution in [1.82, 2.24) is 14.5 Å². The van der Waals surface area contributed by atoms with Gasteiger partial charge in [-0.05, 0) is 58.3 Å². The van der Waals surface area contributed by atoms with Gasteiger partial charge in [-0.25, -0.2) is 9.97 Å². The van der Waals surface area contributed by atoms with E-state index in [4.69, 9.17) is 9.97 Å². The number of aromatic nitrogens is 3. The fraction of sp³-hybridized carbons (Fsp3) is 0.0256. The van der Waals surface area contributed by atoms with Crippen LogP contribution in [0.3, 0.4) is 0 Å². The molecule has 0 unspecified atom stereocenters. The van der Waals surface area contributed by atoms with Crippen LogP contribution in [0.1, 0.15) is 5.56 Å². The fourth-order valence-corrected chi connectivity index (χ4v) is 6.20. The van der Waals surface area contributed by atoms with E-state index in [0.717, 1.165) is 22.3 Å². The van der Waals surface area contributed by atoms with E-state index in [1.807, 2.05) is 12.3 Å². The number of hydrogen-bond donors (Lipinski definition) is 0. The van der Waals surface area contributed by atoms with Gasteiger partial charge < -0.3 is 0 Å². The van der Waals surface area contributed by atoms with Crippen LogP contribution in [0.15, 0.2) is 146 Å². The molecule has 0 aliphatic carbocycles. The molecule has 3 heteroatoms. The first-order valence-electron chi connectivity index (χ1n) is 14.3. The van der Waals surface area contributed by atoms with Crippen LogP contribution in [-0.4, -0.2) is 14.5 Å². The summed E-state index contributed by atoms with van der Waals surface area (Å²) in [4.78, 5) is 9.95. The first kappa shape index (κ1) is 24.3. The third-order valence-corrected chi connectivity index (χ3v) is 8.21. The average Bonchev–Trinajstić information content (AvgIpc) is 3.40. The maximum atomic E-state index is 5.16. The van der Waals surface area contributed by atoms with Gasteiger partial charge in [0.15, 0.2) is 0 Å². The second-order valence-electron chi connectivity index (χ2n) is 10.8. The Morgan fingerprint density at radius 3 is 2.17 bits per heavy atom. The topological polar surface area (TPSA) is 30.7 Å². The number of nitrogens with zero attached hydrogens (tertiary/aromatic N) is 3. The lowest BCUT2D eigenvalue weighted by molar-refractivity contribution is 0.994. The summed E-state index contributed by atoms with van der Waals surface area (Å²) in [6, 6.07) is 49.4. The highest BCUT2D eigenvalue weighted by Gasteiger charge is 2.17. The van der Waals surface area contributed by atoms with Crippen LogP contribution in [0, 0.1) is 6.92 Å². The van der Waals surface area contributed by atoms with Crippen molar-refractivity contribution in [2.24, 2.45) is 0 Å². The molecule has 42 heavy (non-hydrogen) atoms. The first-order chi connectivity index (χ1) is 20.7. The molecule has 2 heterocycles. The smallest absolute Gasteiger partial charge is 0.235 e. The number of hydrogen-bond acceptors (Lipinski definition) is 2. The fourth-order valence-electron chi connectivity index (χ4n) is 6.20. The van der Waals surface area contributed by atoms with Crippen LogP contribution < -0.4 is 0 Å². The summed E-state index contributed by atoms with van der Waals surface area (Å²) in [6.07, 6.45) is 1.87. The van der Waals surface area contributed by atoms with Gasteiger partial charge in [0, 0.05) is 27.9 Å². The Hall–Kier alpha value is -5.54. The second-order valence-corrected chi connectivity index (χ2v) is 10.8. The number of rotatable bonds is 4. The minimum Gasteiger partial charge on any atom is -0.277 e. The molecular formula is C39H27N3. The first-order valence-corrected chi connectivity index (χ1v) is 14.3. The van der Waals surface area contributed by atoms with Crippen molar-refractivity contribution in [3.63, 3.8) is 0 Å². The monoisotopic (exact) mass is 537 g/mol. The molecule has 2 aromatic heterocycles. The van der Waals surface area contributed by atoms with E-state index in [9.17, 15) is 0 Å². The largest absolute Gasteiger partial charge is 0.277 e. The predicted octanol–water partition coefficient (Wildman–Crippen LogP) is 10.0. The van der Waals surface area contributed by atoms with Gasteiger partial charge in [0.2, 0.25) is 5.95 Å². The summed E-state index contributed by atoms with van der Waals surface area (Å²) >= 11 is 0. The van der Waals surface area contributed by atoms with E-state index < -0.39 is 0 Å². The molecule has 0 radical (unpaired) electrons. The molecule has 0 saturated carbocycles. The zero-order valence-corrected chi connectivity index (χ0v) is 23.2. The van der Waals surface area contributed by atoms with Gasteiger partial charge in [-0.3, -0.25) is 4.57 Å². The van der Waals surface area contributed by atoms with Gasteiger partial charge in [0.25, 0.3) is 0 Å². The summed E-state index contributed by atoms with van der Waals surface area (Å²) in [7, 11) is 0. The maximum absolute atomic E-state index is 5.16. The molecule has 0 aliphatic rings. The lowest BCUT2D eigenvalue weighted by atomic mass is 9.94. The highest BCUT2D eigenvalue weighted by Crippen LogP contribution is 2.36. The molecule has 0 fully saturated rings. The van der Waals surface area contributed by atoms with E-state index >= 15 is 0 Å². The molecule has 8 rings (SSSR count). The molecule has 0 amide bonds. The lowest BCUT2D eigenvalue weighted by Crippen LogP contribution is -2.02. The Balaban J connectivity index is 1.25. The Morgan fingerprint density at radius 1 is 0.524 bits per heavy atom. The zero-order chi connectivity index (χ0) is 28.0. The molecule has 8 aromatic rings. The Bertz CT molecular complexity index is 2260. The van der Waals surface area contributed by atoms with Crippen LogP contribution in [-0.2, 0) is 0 Å². The standard InChI is InChI=1S/C39H27N3/c1-26-24-29(27-10-3-2-4-11-27)19-20-32(26)30-13-9-14-31(25-30)36-22-23-40-39(41-36)42-37-17-8-7-16-34(37)35-21-18-28-12-5-6-15-33(28)38(35)42/h2-25H,1H3. The molecule has 0 spiro atoms. The SMILES string of the molecule is Cc1cc(-c2ccccc2)ccc1-c1cccc(-c2ccnc(-n3c4ccccc4c4ccc5ccccc5c43)n2)c1. The Kier molecular flexibility index (Phi) is 5.68. The highest BCUT2D eigenvalue weighted by atomic mass is 15.2. The number of para-hydroxylation sites is 1. The number of fused-ring (bicyclic) bond motifs is 5. The van der Waals surface area contributed by atoms with E-state index in [-0.39, 0.29) is 0 Å². The number of benzene rings is 6. The molecule has 198 valence electrons. The maximum Gasteiger partial charge on any atom is 0.235 e. The van der Waals surface area contributed by atoms with E-state index in [1.165, 1.54) is 49.4 Å². The average molecular weight is 538 g/mol. The van der Waals surface area contributed by atoms with Gasteiger partial charge in [-0.2, -0.15) is 0 Å². The van der Waals surface area contributed by atoms with Crippen molar-refractivity contribution in [1.29, 1.82) is 0 Å². The van der Waals surface area contributed by atoms with Crippen LogP contribution in [0.5, 0.6) is 0 Å². The van der Waals surface area contributed by atoms with Gasteiger partial charge in [-0.1, -0.05) is 121 Å². The minimum absolute atomic E-state index is 0.670. The van der Waals surface area contributed by atoms with Crippen molar-refractivity contribution in [2.75, 3.05) is 0 Å². The van der Waals surface area contributed by atoms with E-state index in [1.54, 1.807) is 0 Å². The zero-order valence-electron chi connectivity index (χ0n) is 23.2. The highest BCUT2D eigenvalue weighted by molar-refractivity contribution is 6.18. The quantitative estimate of drug-likeness (QED) is 0.224. The minimum atomic E-state index is 0.670. The molecule has 6 aromatic carbocycles. The third kappa shape index (κ3) is 3.98. The van der Waals surface area contributed by atoms with Crippen molar-refractivity contribution >= 4 is 32.6 Å². The predicted molar refractivity (Wildman–Crippen MR) is 175 cm³/mol. The van der Waals surface area contributed by atoms with Crippen molar-refractivity contribution < 1.29 is 0 Å². The lowest BCUT2D eigenvalue weighted by Gasteiger charge is -2.12. The summed E-state index contributed by atoms with van der Waals surface area (Å²) < 4.78 is 2.22. The molecule has 3 nitrogen and oxygen atoms in total. The third-order valence-electron chi connectivity index (χ3n) is 8.21. The summed E-state index contributed by atoms with van der Waals surface area (Å²) in [5.74, 6) is 0.670. The molecule has 0 N–H and O–H groups in total. The van der Waals surface area contributed by atoms with Crippen LogP contribution in [0.25, 0.3) is 72.0 Å². The Labute approximate surface area is 244 Å². The van der Waals surface area contributed by atoms with Crippen molar-refractivity contribution in [3.8, 4) is 39.5 Å². The normalized spacial score (nSPS) is 11.5. The van der Waals surface area contributed by atoms with Crippen LogP contribution in [0.2, 0.25) is 0 Å². The molecule has 0 aliphatic heterocycles. The summed E-state index contributed by atoms with van der Waals surface area (Å²) in [5.41, 5.74) is 10.3. The van der Waals surface area contributed by atoms with Crippen LogP contribution in [0.4, 0.5) is 0 Å². The molecular weight excluding hydrogens is 510 g/mol. The Morgan fingerprint density at radius 2 is 1.29 bits per heavy atom. The van der Waals surface area contributed by atoms with Crippen LogP contribution >= 0.6 is 0 Å². The second kappa shape index (κ2) is 9.83. The molecule has 0 bridgehead atoms. The van der Waals surface area contributed by atoms with Crippen molar-refractivity contribution in [3.05, 3.63) is 151 Å². The summed E-state index contributed by atoms with van der Waals surface area (Å²) in [5, 5.41) is 4.79. The van der Waals surface area contributed by atoms with E-state index in [2.05, 4.69) is 145 Å². The van der Waals surface area contributed by atoms with Gasteiger partial charge >= 0.3 is 0 Å². The molecule has 0 atom stereocenters. The van der Waals surface area contributed by atoms with Gasteiger partial charge in [0.05, 0.1) is 16.7 Å². The van der Waals surface area contributed by atoms with Crippen molar-refractivity contribution in [2.45, 2.75) is 6.92 Å². The summed E-state index contributed by atoms with van der Waals surface area (Å²) in [6.45, 7) is 2.18. The van der Waals surface area contributed by atoms with Gasteiger partial charge in [-0.15, -0.1) is 0 Å². The number of aryl methyl sites for hydroxylation is 1. The van der Waals surface area contributed by atoms with E-state index in [0.29, 0.717) is 5.95 Å².